The summed E-state index contributed by atoms with van der Waals surface area (Å²) in [4.78, 5) is 0. The first kappa shape index (κ1) is 14.6. The highest BCUT2D eigenvalue weighted by molar-refractivity contribution is 9.10. The fraction of sp³-hybridized carbons (Fsp3) is 0.333. The minimum atomic E-state index is 0.298. The maximum atomic E-state index is 9.64. The molecule has 3 heteroatoms. The second-order valence-corrected chi connectivity index (χ2v) is 6.69. The van der Waals surface area contributed by atoms with Crippen molar-refractivity contribution in [2.24, 2.45) is 0 Å². The Morgan fingerprint density at radius 2 is 2.10 bits per heavy atom. The molecule has 1 unspecified atom stereocenters. The molecule has 0 radical (unpaired) electrons. The third kappa shape index (κ3) is 3.30. The van der Waals surface area contributed by atoms with Crippen LogP contribution >= 0.6 is 15.9 Å². The summed E-state index contributed by atoms with van der Waals surface area (Å²) in [5.41, 5.74) is 3.90. The molecule has 21 heavy (non-hydrogen) atoms. The number of phenols is 1. The lowest BCUT2D eigenvalue weighted by Crippen LogP contribution is -2.27. The third-order valence-electron chi connectivity index (χ3n) is 4.24. The van der Waals surface area contributed by atoms with Crippen LogP contribution in [0.1, 0.15) is 48.5 Å². The number of aromatic hydroxyl groups is 1. The van der Waals surface area contributed by atoms with E-state index in [0.29, 0.717) is 17.8 Å². The normalized spacial score (nSPS) is 19.0. The van der Waals surface area contributed by atoms with Gasteiger partial charge in [-0.15, -0.1) is 0 Å². The number of rotatable bonds is 3. The van der Waals surface area contributed by atoms with E-state index in [1.165, 1.54) is 23.1 Å². The standard InChI is InChI=1S/C18H20BrNO/c1-12(13-4-2-6-15(19)10-13)20-18-7-3-5-14-11-16(21)8-9-17(14)18/h2,4,6,8-12,18,20-21H,3,5,7H2,1H3/t12-,18?/m1/s1. The molecule has 0 bridgehead atoms. The van der Waals surface area contributed by atoms with Gasteiger partial charge in [-0.1, -0.05) is 34.1 Å². The summed E-state index contributed by atoms with van der Waals surface area (Å²) in [6, 6.07) is 14.9. The van der Waals surface area contributed by atoms with Crippen molar-refractivity contribution in [2.75, 3.05) is 0 Å². The second-order valence-electron chi connectivity index (χ2n) is 5.77. The predicted molar refractivity (Wildman–Crippen MR) is 89.5 cm³/mol. The predicted octanol–water partition coefficient (Wildman–Crippen LogP) is 4.88. The molecule has 1 aliphatic carbocycles. The maximum Gasteiger partial charge on any atom is 0.115 e. The van der Waals surface area contributed by atoms with E-state index >= 15 is 0 Å². The van der Waals surface area contributed by atoms with Crippen molar-refractivity contribution in [3.63, 3.8) is 0 Å². The fourth-order valence-corrected chi connectivity index (χ4v) is 3.56. The highest BCUT2D eigenvalue weighted by Crippen LogP contribution is 2.33. The van der Waals surface area contributed by atoms with Crippen LogP contribution in [0.2, 0.25) is 0 Å². The molecule has 0 heterocycles. The topological polar surface area (TPSA) is 32.3 Å². The van der Waals surface area contributed by atoms with Gasteiger partial charge in [-0.05, 0) is 67.1 Å². The highest BCUT2D eigenvalue weighted by Gasteiger charge is 2.22. The van der Waals surface area contributed by atoms with Crippen LogP contribution in [0.15, 0.2) is 46.9 Å². The molecule has 0 saturated carbocycles. The van der Waals surface area contributed by atoms with Crippen molar-refractivity contribution >= 4 is 15.9 Å². The summed E-state index contributed by atoms with van der Waals surface area (Å²) >= 11 is 3.53. The van der Waals surface area contributed by atoms with Gasteiger partial charge in [0, 0.05) is 16.6 Å². The number of aryl methyl sites for hydroxylation is 1. The number of nitrogens with one attached hydrogen (secondary N) is 1. The Morgan fingerprint density at radius 3 is 2.90 bits per heavy atom. The lowest BCUT2D eigenvalue weighted by atomic mass is 9.87. The van der Waals surface area contributed by atoms with Crippen molar-refractivity contribution in [1.29, 1.82) is 0 Å². The van der Waals surface area contributed by atoms with Gasteiger partial charge in [-0.3, -0.25) is 0 Å². The lowest BCUT2D eigenvalue weighted by Gasteiger charge is -2.29. The van der Waals surface area contributed by atoms with E-state index < -0.39 is 0 Å². The van der Waals surface area contributed by atoms with E-state index in [2.05, 4.69) is 58.5 Å². The van der Waals surface area contributed by atoms with Gasteiger partial charge in [0.25, 0.3) is 0 Å². The summed E-state index contributed by atoms with van der Waals surface area (Å²) in [5, 5.41) is 13.4. The SMILES string of the molecule is C[C@@H](NC1CCCc2cc(O)ccc21)c1cccc(Br)c1. The first-order chi connectivity index (χ1) is 10.1. The maximum absolute atomic E-state index is 9.64. The quantitative estimate of drug-likeness (QED) is 0.830. The zero-order valence-corrected chi connectivity index (χ0v) is 13.7. The summed E-state index contributed by atoms with van der Waals surface area (Å²) in [7, 11) is 0. The summed E-state index contributed by atoms with van der Waals surface area (Å²) in [5.74, 6) is 0.370. The number of fused-ring (bicyclic) bond motifs is 1. The summed E-state index contributed by atoms with van der Waals surface area (Å²) in [6.07, 6.45) is 3.38. The van der Waals surface area contributed by atoms with E-state index in [9.17, 15) is 5.11 Å². The van der Waals surface area contributed by atoms with E-state index in [4.69, 9.17) is 0 Å². The van der Waals surface area contributed by atoms with Crippen molar-refractivity contribution in [1.82, 2.24) is 5.32 Å². The summed E-state index contributed by atoms with van der Waals surface area (Å²) < 4.78 is 1.11. The van der Waals surface area contributed by atoms with E-state index in [1.807, 2.05) is 6.07 Å². The Morgan fingerprint density at radius 1 is 1.24 bits per heavy atom. The van der Waals surface area contributed by atoms with Crippen LogP contribution in [0, 0.1) is 0 Å². The Bertz CT molecular complexity index is 641. The minimum absolute atomic E-state index is 0.298. The molecule has 0 spiro atoms. The molecule has 2 atom stereocenters. The van der Waals surface area contributed by atoms with Crippen LogP contribution in [-0.4, -0.2) is 5.11 Å². The Balaban J connectivity index is 1.80. The number of benzene rings is 2. The largest absolute Gasteiger partial charge is 0.508 e. The van der Waals surface area contributed by atoms with E-state index in [1.54, 1.807) is 6.07 Å². The molecule has 2 aromatic carbocycles. The van der Waals surface area contributed by atoms with Gasteiger partial charge in [-0.25, -0.2) is 0 Å². The van der Waals surface area contributed by atoms with Crippen molar-refractivity contribution in [3.8, 4) is 5.75 Å². The van der Waals surface area contributed by atoms with Gasteiger partial charge in [0.15, 0.2) is 0 Å². The van der Waals surface area contributed by atoms with Crippen LogP contribution in [0.3, 0.4) is 0 Å². The smallest absolute Gasteiger partial charge is 0.115 e. The van der Waals surface area contributed by atoms with Gasteiger partial charge < -0.3 is 10.4 Å². The minimum Gasteiger partial charge on any atom is -0.508 e. The third-order valence-corrected chi connectivity index (χ3v) is 4.73. The molecule has 1 aliphatic rings. The second kappa shape index (κ2) is 6.20. The van der Waals surface area contributed by atoms with Crippen LogP contribution < -0.4 is 5.32 Å². The molecule has 110 valence electrons. The molecular weight excluding hydrogens is 326 g/mol. The van der Waals surface area contributed by atoms with E-state index in [-0.39, 0.29) is 0 Å². The molecule has 0 aliphatic heterocycles. The van der Waals surface area contributed by atoms with Crippen molar-refractivity contribution in [2.45, 2.75) is 38.3 Å². The lowest BCUT2D eigenvalue weighted by molar-refractivity contribution is 0.412. The zero-order chi connectivity index (χ0) is 14.8. The molecule has 0 amide bonds. The number of halogens is 1. The van der Waals surface area contributed by atoms with E-state index in [0.717, 1.165) is 17.3 Å². The zero-order valence-electron chi connectivity index (χ0n) is 12.1. The number of phenolic OH excluding ortho intramolecular Hbond substituents is 1. The van der Waals surface area contributed by atoms with Gasteiger partial charge in [-0.2, -0.15) is 0 Å². The molecule has 3 rings (SSSR count). The molecule has 0 fully saturated rings. The molecule has 2 N–H and O–H groups in total. The number of hydrogen-bond donors (Lipinski definition) is 2. The average Bonchev–Trinajstić information content (AvgIpc) is 2.47. The Kier molecular flexibility index (Phi) is 4.32. The van der Waals surface area contributed by atoms with Crippen LogP contribution in [0.5, 0.6) is 5.75 Å². The Labute approximate surface area is 134 Å². The molecule has 0 saturated heterocycles. The monoisotopic (exact) mass is 345 g/mol. The van der Waals surface area contributed by atoms with Crippen LogP contribution in [-0.2, 0) is 6.42 Å². The fourth-order valence-electron chi connectivity index (χ4n) is 3.15. The van der Waals surface area contributed by atoms with Crippen molar-refractivity contribution in [3.05, 3.63) is 63.6 Å². The molecule has 0 aromatic heterocycles. The van der Waals surface area contributed by atoms with Gasteiger partial charge in [0.05, 0.1) is 0 Å². The van der Waals surface area contributed by atoms with Crippen LogP contribution in [0.25, 0.3) is 0 Å². The first-order valence-electron chi connectivity index (χ1n) is 7.47. The molecule has 2 aromatic rings. The average molecular weight is 346 g/mol. The van der Waals surface area contributed by atoms with Crippen molar-refractivity contribution < 1.29 is 5.11 Å². The van der Waals surface area contributed by atoms with Gasteiger partial charge >= 0.3 is 0 Å². The number of hydrogen-bond acceptors (Lipinski definition) is 2. The first-order valence-corrected chi connectivity index (χ1v) is 8.26. The van der Waals surface area contributed by atoms with Crippen LogP contribution in [0.4, 0.5) is 0 Å². The van der Waals surface area contributed by atoms with Gasteiger partial charge in [0.2, 0.25) is 0 Å². The Hall–Kier alpha value is -1.32. The molecule has 2 nitrogen and oxygen atoms in total. The summed E-state index contributed by atoms with van der Waals surface area (Å²) in [6.45, 7) is 2.20. The van der Waals surface area contributed by atoms with Gasteiger partial charge in [0.1, 0.15) is 5.75 Å². The molecular formula is C18H20BrNO. The highest BCUT2D eigenvalue weighted by atomic mass is 79.9.